The molecule has 8 nitrogen and oxygen atoms in total. The number of aromatic nitrogens is 2. The lowest BCUT2D eigenvalue weighted by Crippen LogP contribution is -2.47. The predicted molar refractivity (Wildman–Crippen MR) is 135 cm³/mol. The highest BCUT2D eigenvalue weighted by Crippen LogP contribution is 2.53. The number of carbonyl (C=O) groups excluding carboxylic acids is 1. The van der Waals surface area contributed by atoms with Gasteiger partial charge in [-0.1, -0.05) is 26.0 Å². The zero-order valence-corrected chi connectivity index (χ0v) is 20.9. The zero-order chi connectivity index (χ0) is 25.6. The fraction of sp³-hybridized carbons (Fsp3) is 0.536. The average Bonchev–Trinajstić information content (AvgIpc) is 3.47. The number of nitriles is 1. The van der Waals surface area contributed by atoms with Crippen molar-refractivity contribution in [1.29, 1.82) is 5.26 Å². The first kappa shape index (κ1) is 24.7. The molecule has 1 aromatic heterocycles. The molecular formula is C28H34N4O4. The molecule has 3 atom stereocenters. The van der Waals surface area contributed by atoms with Crippen LogP contribution in [0.25, 0.3) is 5.57 Å². The van der Waals surface area contributed by atoms with Crippen molar-refractivity contribution in [1.82, 2.24) is 9.97 Å². The number of benzene rings is 1. The van der Waals surface area contributed by atoms with Crippen LogP contribution in [0.3, 0.4) is 0 Å². The van der Waals surface area contributed by atoms with Crippen molar-refractivity contribution in [3.63, 3.8) is 0 Å². The Morgan fingerprint density at radius 2 is 1.94 bits per heavy atom. The molecule has 0 radical (unpaired) electrons. The molecule has 1 unspecified atom stereocenters. The van der Waals surface area contributed by atoms with Crippen LogP contribution in [0, 0.1) is 16.7 Å². The van der Waals surface area contributed by atoms with Crippen LogP contribution in [0.1, 0.15) is 92.2 Å². The van der Waals surface area contributed by atoms with Gasteiger partial charge in [0.15, 0.2) is 11.5 Å². The Kier molecular flexibility index (Phi) is 6.27. The molecule has 2 fully saturated rings. The Hall–Kier alpha value is -2.99. The first-order valence-electron chi connectivity index (χ1n) is 12.7. The smallest absolute Gasteiger partial charge is 0.291 e. The lowest BCUT2D eigenvalue weighted by atomic mass is 9.75. The number of hydrogen-bond acceptors (Lipinski definition) is 6. The number of amides is 1. The van der Waals surface area contributed by atoms with E-state index in [1.807, 2.05) is 18.2 Å². The standard InChI is InChI=1S/C28H34N4O4/c1-26(2)7-5-18(6-8-26)22-11-19(20-12-27(16-33)9-10-28(13-20,17-34)36-27)3-4-23(22)32-25(35)24-30-15-21(14-29)31-24/h3-5,11,15,20,33-34H,6-10,12-13,16-17H2,1-2H3,(H,30,31)(H,32,35)/t20?,27-,28+. The molecule has 3 heterocycles. The Morgan fingerprint density at radius 1 is 1.22 bits per heavy atom. The van der Waals surface area contributed by atoms with E-state index in [2.05, 4.69) is 41.3 Å². The van der Waals surface area contributed by atoms with Crippen molar-refractivity contribution in [2.45, 2.75) is 75.9 Å². The Bertz CT molecular complexity index is 1220. The Morgan fingerprint density at radius 3 is 2.53 bits per heavy atom. The maximum Gasteiger partial charge on any atom is 0.291 e. The van der Waals surface area contributed by atoms with Crippen LogP contribution in [-0.2, 0) is 4.74 Å². The van der Waals surface area contributed by atoms with E-state index in [1.165, 1.54) is 11.8 Å². The van der Waals surface area contributed by atoms with Gasteiger partial charge in [0.25, 0.3) is 5.91 Å². The first-order valence-corrected chi connectivity index (χ1v) is 12.7. The first-order chi connectivity index (χ1) is 17.2. The molecule has 1 aliphatic carbocycles. The third-order valence-electron chi connectivity index (χ3n) is 8.27. The molecule has 1 aromatic carbocycles. The minimum Gasteiger partial charge on any atom is -0.393 e. The Balaban J connectivity index is 1.49. The van der Waals surface area contributed by atoms with Gasteiger partial charge in [0.1, 0.15) is 6.07 Å². The number of hydrogen-bond donors (Lipinski definition) is 4. The maximum absolute atomic E-state index is 12.9. The number of carbonyl (C=O) groups is 1. The Labute approximate surface area is 211 Å². The number of imidazole rings is 1. The highest BCUT2D eigenvalue weighted by Gasteiger charge is 2.55. The van der Waals surface area contributed by atoms with Gasteiger partial charge in [0.05, 0.1) is 24.4 Å². The third kappa shape index (κ3) is 4.59. The molecule has 1 amide bonds. The molecule has 2 saturated heterocycles. The molecule has 190 valence electrons. The summed E-state index contributed by atoms with van der Waals surface area (Å²) in [7, 11) is 0. The van der Waals surface area contributed by atoms with E-state index in [1.54, 1.807) is 0 Å². The average molecular weight is 491 g/mol. The van der Waals surface area contributed by atoms with E-state index >= 15 is 0 Å². The number of aliphatic hydroxyl groups is 2. The van der Waals surface area contributed by atoms with E-state index < -0.39 is 17.1 Å². The highest BCUT2D eigenvalue weighted by molar-refractivity contribution is 6.03. The second kappa shape index (κ2) is 9.15. The van der Waals surface area contributed by atoms with Crippen molar-refractivity contribution in [2.75, 3.05) is 18.5 Å². The van der Waals surface area contributed by atoms with Gasteiger partial charge in [0.2, 0.25) is 0 Å². The van der Waals surface area contributed by atoms with Crippen LogP contribution in [-0.4, -0.2) is 50.5 Å². The molecule has 5 rings (SSSR count). The van der Waals surface area contributed by atoms with Gasteiger partial charge >= 0.3 is 0 Å². The van der Waals surface area contributed by atoms with Crippen LogP contribution in [0.5, 0.6) is 0 Å². The summed E-state index contributed by atoms with van der Waals surface area (Å²) in [5.41, 5.74) is 3.21. The lowest BCUT2D eigenvalue weighted by molar-refractivity contribution is -0.177. The summed E-state index contributed by atoms with van der Waals surface area (Å²) in [6.07, 6.45) is 9.51. The third-order valence-corrected chi connectivity index (χ3v) is 8.27. The summed E-state index contributed by atoms with van der Waals surface area (Å²) < 4.78 is 6.23. The number of nitrogens with zero attached hydrogens (tertiary/aromatic N) is 2. The summed E-state index contributed by atoms with van der Waals surface area (Å²) >= 11 is 0. The predicted octanol–water partition coefficient (Wildman–Crippen LogP) is 4.28. The number of rotatable bonds is 6. The monoisotopic (exact) mass is 490 g/mol. The van der Waals surface area contributed by atoms with Crippen LogP contribution < -0.4 is 5.32 Å². The van der Waals surface area contributed by atoms with Gasteiger partial charge in [-0.05, 0) is 79.5 Å². The van der Waals surface area contributed by atoms with E-state index in [0.717, 1.165) is 43.2 Å². The van der Waals surface area contributed by atoms with E-state index in [9.17, 15) is 15.0 Å². The van der Waals surface area contributed by atoms with Crippen LogP contribution >= 0.6 is 0 Å². The van der Waals surface area contributed by atoms with Gasteiger partial charge in [-0.2, -0.15) is 5.26 Å². The van der Waals surface area contributed by atoms with Crippen molar-refractivity contribution in [3.8, 4) is 6.07 Å². The van der Waals surface area contributed by atoms with Crippen molar-refractivity contribution < 1.29 is 19.7 Å². The van der Waals surface area contributed by atoms with Crippen molar-refractivity contribution in [2.24, 2.45) is 5.41 Å². The summed E-state index contributed by atoms with van der Waals surface area (Å²) in [6.45, 7) is 4.42. The number of ether oxygens (including phenoxy) is 1. The van der Waals surface area contributed by atoms with E-state index in [-0.39, 0.29) is 36.1 Å². The number of fused-ring (bicyclic) bond motifs is 2. The molecule has 3 aliphatic rings. The van der Waals surface area contributed by atoms with Gasteiger partial charge in [-0.25, -0.2) is 4.98 Å². The highest BCUT2D eigenvalue weighted by atomic mass is 16.6. The topological polar surface area (TPSA) is 131 Å². The van der Waals surface area contributed by atoms with Gasteiger partial charge in [-0.15, -0.1) is 0 Å². The number of aromatic amines is 1. The molecule has 4 N–H and O–H groups in total. The molecular weight excluding hydrogens is 456 g/mol. The maximum atomic E-state index is 12.9. The summed E-state index contributed by atoms with van der Waals surface area (Å²) in [6, 6.07) is 8.06. The summed E-state index contributed by atoms with van der Waals surface area (Å²) in [4.78, 5) is 19.7. The van der Waals surface area contributed by atoms with E-state index in [0.29, 0.717) is 18.5 Å². The fourth-order valence-electron chi connectivity index (χ4n) is 6.05. The van der Waals surface area contributed by atoms with Crippen LogP contribution in [0.4, 0.5) is 5.69 Å². The molecule has 2 aliphatic heterocycles. The SMILES string of the molecule is CC1(C)CC=C(c2cc(C3C[C@]4(CO)CC[C@](CO)(C3)O4)ccc2NC(=O)c2nc(C#N)c[nH]2)CC1. The number of H-pyrrole nitrogens is 1. The van der Waals surface area contributed by atoms with Crippen molar-refractivity contribution >= 4 is 17.2 Å². The van der Waals surface area contributed by atoms with Gasteiger partial charge < -0.3 is 25.3 Å². The molecule has 0 saturated carbocycles. The minimum atomic E-state index is -0.607. The second-order valence-electron chi connectivity index (χ2n) is 11.5. The minimum absolute atomic E-state index is 0.0552. The quantitative estimate of drug-likeness (QED) is 0.478. The molecule has 2 bridgehead atoms. The van der Waals surface area contributed by atoms with E-state index in [4.69, 9.17) is 10.00 Å². The summed E-state index contributed by atoms with van der Waals surface area (Å²) in [5, 5.41) is 32.3. The summed E-state index contributed by atoms with van der Waals surface area (Å²) in [5.74, 6) is -0.172. The zero-order valence-electron chi connectivity index (χ0n) is 20.9. The molecule has 2 aromatic rings. The van der Waals surface area contributed by atoms with Crippen molar-refractivity contribution in [3.05, 3.63) is 53.1 Å². The number of aliphatic hydroxyl groups excluding tert-OH is 2. The second-order valence-corrected chi connectivity index (χ2v) is 11.5. The molecule has 36 heavy (non-hydrogen) atoms. The molecule has 8 heteroatoms. The largest absolute Gasteiger partial charge is 0.393 e. The number of anilines is 1. The van der Waals surface area contributed by atoms with Gasteiger partial charge in [0, 0.05) is 17.4 Å². The number of allylic oxidation sites excluding steroid dienone is 2. The lowest BCUT2D eigenvalue weighted by Gasteiger charge is -2.43. The molecule has 0 spiro atoms. The fourth-order valence-corrected chi connectivity index (χ4v) is 6.05. The number of nitrogens with one attached hydrogen (secondary N) is 2. The van der Waals surface area contributed by atoms with Crippen LogP contribution in [0.2, 0.25) is 0 Å². The normalized spacial score (nSPS) is 28.9. The van der Waals surface area contributed by atoms with Crippen LogP contribution in [0.15, 0.2) is 30.5 Å². The van der Waals surface area contributed by atoms with Gasteiger partial charge in [-0.3, -0.25) is 4.79 Å².